The van der Waals surface area contributed by atoms with Crippen LogP contribution in [0.1, 0.15) is 52.9 Å². The average Bonchev–Trinajstić information content (AvgIpc) is 2.32. The molecule has 1 fully saturated rings. The minimum Gasteiger partial charge on any atom is -0.481 e. The number of hydrazine groups is 1. The van der Waals surface area contributed by atoms with Crippen LogP contribution < -0.4 is 10.7 Å². The molecule has 0 radical (unpaired) electrons. The monoisotopic (exact) mass is 271 g/mol. The SMILES string of the molecule is CCC(CC(=O)O)NC(=O)NN1C(C)CCCC1C. The van der Waals surface area contributed by atoms with Crippen molar-refractivity contribution in [3.05, 3.63) is 0 Å². The third kappa shape index (κ3) is 5.06. The number of nitrogens with one attached hydrogen (secondary N) is 2. The average molecular weight is 271 g/mol. The molecule has 1 aliphatic heterocycles. The third-order valence-electron chi connectivity index (χ3n) is 3.67. The van der Waals surface area contributed by atoms with Crippen molar-refractivity contribution in [2.45, 2.75) is 71.0 Å². The second kappa shape index (κ2) is 7.33. The Kier molecular flexibility index (Phi) is 6.08. The number of carboxylic acids is 1. The Morgan fingerprint density at radius 1 is 1.32 bits per heavy atom. The van der Waals surface area contributed by atoms with Crippen LogP contribution in [0.2, 0.25) is 0 Å². The number of hydrogen-bond donors (Lipinski definition) is 3. The van der Waals surface area contributed by atoms with Crippen LogP contribution in [0.5, 0.6) is 0 Å². The zero-order valence-electron chi connectivity index (χ0n) is 12.0. The number of carbonyl (C=O) groups is 2. The van der Waals surface area contributed by atoms with Crippen molar-refractivity contribution in [3.8, 4) is 0 Å². The Morgan fingerprint density at radius 3 is 2.37 bits per heavy atom. The van der Waals surface area contributed by atoms with E-state index in [9.17, 15) is 9.59 Å². The number of nitrogens with zero attached hydrogens (tertiary/aromatic N) is 1. The van der Waals surface area contributed by atoms with Crippen LogP contribution in [0.3, 0.4) is 0 Å². The van der Waals surface area contributed by atoms with E-state index in [4.69, 9.17) is 5.11 Å². The molecular formula is C13H25N3O3. The molecule has 6 heteroatoms. The number of rotatable bonds is 5. The maximum absolute atomic E-state index is 11.9. The van der Waals surface area contributed by atoms with Gasteiger partial charge in [-0.25, -0.2) is 9.80 Å². The van der Waals surface area contributed by atoms with Crippen LogP contribution in [0, 0.1) is 0 Å². The summed E-state index contributed by atoms with van der Waals surface area (Å²) in [6, 6.07) is -0.00953. The predicted octanol–water partition coefficient (Wildman–Crippen LogP) is 1.72. The van der Waals surface area contributed by atoms with Crippen LogP contribution in [0.25, 0.3) is 0 Å². The molecule has 0 aliphatic carbocycles. The van der Waals surface area contributed by atoms with Gasteiger partial charge in [0.05, 0.1) is 6.42 Å². The van der Waals surface area contributed by atoms with E-state index in [1.807, 2.05) is 11.9 Å². The number of carboxylic acid groups (broad SMARTS) is 1. The number of urea groups is 1. The fourth-order valence-corrected chi connectivity index (χ4v) is 2.48. The molecule has 3 N–H and O–H groups in total. The maximum Gasteiger partial charge on any atom is 0.329 e. The van der Waals surface area contributed by atoms with Crippen LogP contribution >= 0.6 is 0 Å². The van der Waals surface area contributed by atoms with Crippen molar-refractivity contribution in [1.29, 1.82) is 0 Å². The molecular weight excluding hydrogens is 246 g/mol. The number of amides is 2. The molecule has 0 spiro atoms. The van der Waals surface area contributed by atoms with E-state index in [0.717, 1.165) is 12.8 Å². The van der Waals surface area contributed by atoms with Gasteiger partial charge >= 0.3 is 12.0 Å². The zero-order valence-corrected chi connectivity index (χ0v) is 12.0. The second-order valence-corrected chi connectivity index (χ2v) is 5.32. The minimum atomic E-state index is -0.896. The van der Waals surface area contributed by atoms with Gasteiger partial charge < -0.3 is 10.4 Å². The highest BCUT2D eigenvalue weighted by atomic mass is 16.4. The smallest absolute Gasteiger partial charge is 0.329 e. The summed E-state index contributed by atoms with van der Waals surface area (Å²) in [5, 5.41) is 13.4. The largest absolute Gasteiger partial charge is 0.481 e. The Balaban J connectivity index is 2.46. The van der Waals surface area contributed by atoms with Gasteiger partial charge in [0.2, 0.25) is 0 Å². The first kappa shape index (κ1) is 15.8. The Morgan fingerprint density at radius 2 is 1.89 bits per heavy atom. The van der Waals surface area contributed by atoms with E-state index < -0.39 is 5.97 Å². The summed E-state index contributed by atoms with van der Waals surface area (Å²) in [5.41, 5.74) is 2.85. The quantitative estimate of drug-likeness (QED) is 0.711. The van der Waals surface area contributed by atoms with E-state index >= 15 is 0 Å². The van der Waals surface area contributed by atoms with Gasteiger partial charge in [0, 0.05) is 18.1 Å². The summed E-state index contributed by atoms with van der Waals surface area (Å²) in [7, 11) is 0. The molecule has 6 nitrogen and oxygen atoms in total. The molecule has 2 amide bonds. The molecule has 3 atom stereocenters. The normalized spacial score (nSPS) is 25.6. The third-order valence-corrected chi connectivity index (χ3v) is 3.67. The first-order valence-electron chi connectivity index (χ1n) is 7.01. The van der Waals surface area contributed by atoms with Gasteiger partial charge in [0.1, 0.15) is 0 Å². The molecule has 0 saturated carbocycles. The summed E-state index contributed by atoms with van der Waals surface area (Å²) in [6.45, 7) is 6.04. The standard InChI is InChI=1S/C13H25N3O3/c1-4-11(8-12(17)18)14-13(19)15-16-9(2)6-5-7-10(16)3/h9-11H,4-8H2,1-3H3,(H,17,18)(H2,14,15,19). The summed E-state index contributed by atoms with van der Waals surface area (Å²) < 4.78 is 0. The van der Waals surface area contributed by atoms with Crippen molar-refractivity contribution in [2.75, 3.05) is 0 Å². The summed E-state index contributed by atoms with van der Waals surface area (Å²) in [5.74, 6) is -0.896. The minimum absolute atomic E-state index is 0.0466. The Bertz CT molecular complexity index is 312. The van der Waals surface area contributed by atoms with Gasteiger partial charge in [-0.05, 0) is 33.1 Å². The molecule has 1 heterocycles. The zero-order chi connectivity index (χ0) is 14.4. The molecule has 1 saturated heterocycles. The molecule has 0 aromatic heterocycles. The number of carbonyl (C=O) groups excluding carboxylic acids is 1. The van der Waals surface area contributed by atoms with Crippen molar-refractivity contribution in [3.63, 3.8) is 0 Å². The lowest BCUT2D eigenvalue weighted by atomic mass is 10.00. The fourth-order valence-electron chi connectivity index (χ4n) is 2.48. The maximum atomic E-state index is 11.9. The second-order valence-electron chi connectivity index (χ2n) is 5.32. The molecule has 1 rings (SSSR count). The van der Waals surface area contributed by atoms with E-state index in [-0.39, 0.29) is 18.5 Å². The highest BCUT2D eigenvalue weighted by Gasteiger charge is 2.26. The lowest BCUT2D eigenvalue weighted by Gasteiger charge is -2.38. The van der Waals surface area contributed by atoms with Crippen LogP contribution in [0.4, 0.5) is 4.79 Å². The number of hydrogen-bond acceptors (Lipinski definition) is 3. The van der Waals surface area contributed by atoms with Gasteiger partial charge in [-0.2, -0.15) is 0 Å². The lowest BCUT2D eigenvalue weighted by molar-refractivity contribution is -0.137. The molecule has 19 heavy (non-hydrogen) atoms. The van der Waals surface area contributed by atoms with E-state index in [2.05, 4.69) is 24.6 Å². The highest BCUT2D eigenvalue weighted by molar-refractivity contribution is 5.75. The van der Waals surface area contributed by atoms with Gasteiger partial charge in [-0.1, -0.05) is 13.3 Å². The molecule has 3 unspecified atom stereocenters. The molecule has 0 aromatic rings. The summed E-state index contributed by atoms with van der Waals surface area (Å²) in [4.78, 5) is 22.6. The van der Waals surface area contributed by atoms with Gasteiger partial charge in [0.25, 0.3) is 0 Å². The van der Waals surface area contributed by atoms with E-state index in [1.54, 1.807) is 0 Å². The Hall–Kier alpha value is -1.30. The predicted molar refractivity (Wildman–Crippen MR) is 72.6 cm³/mol. The molecule has 110 valence electrons. The van der Waals surface area contributed by atoms with Gasteiger partial charge in [0.15, 0.2) is 0 Å². The molecule has 1 aliphatic rings. The summed E-state index contributed by atoms with van der Waals surface area (Å²) in [6.07, 6.45) is 3.87. The Labute approximate surface area is 114 Å². The first-order valence-corrected chi connectivity index (χ1v) is 7.01. The van der Waals surface area contributed by atoms with Crippen molar-refractivity contribution >= 4 is 12.0 Å². The highest BCUT2D eigenvalue weighted by Crippen LogP contribution is 2.20. The fraction of sp³-hybridized carbons (Fsp3) is 0.846. The molecule has 0 aromatic carbocycles. The van der Waals surface area contributed by atoms with Crippen LogP contribution in [-0.4, -0.2) is 40.2 Å². The van der Waals surface area contributed by atoms with Crippen LogP contribution in [-0.2, 0) is 4.79 Å². The van der Waals surface area contributed by atoms with Crippen molar-refractivity contribution < 1.29 is 14.7 Å². The van der Waals surface area contributed by atoms with Gasteiger partial charge in [-0.15, -0.1) is 0 Å². The topological polar surface area (TPSA) is 81.7 Å². The van der Waals surface area contributed by atoms with Crippen molar-refractivity contribution in [2.24, 2.45) is 0 Å². The van der Waals surface area contributed by atoms with E-state index in [0.29, 0.717) is 18.5 Å². The summed E-state index contributed by atoms with van der Waals surface area (Å²) >= 11 is 0. The number of piperidine rings is 1. The first-order chi connectivity index (χ1) is 8.93. The number of aliphatic carboxylic acids is 1. The van der Waals surface area contributed by atoms with Gasteiger partial charge in [-0.3, -0.25) is 10.2 Å². The van der Waals surface area contributed by atoms with Crippen LogP contribution in [0.15, 0.2) is 0 Å². The lowest BCUT2D eigenvalue weighted by Crippen LogP contribution is -2.57. The van der Waals surface area contributed by atoms with Crippen molar-refractivity contribution in [1.82, 2.24) is 15.8 Å². The van der Waals surface area contributed by atoms with E-state index in [1.165, 1.54) is 6.42 Å². The molecule has 0 bridgehead atoms.